The summed E-state index contributed by atoms with van der Waals surface area (Å²) in [4.78, 5) is 2.43. The van der Waals surface area contributed by atoms with Gasteiger partial charge in [-0.2, -0.15) is 0 Å². The largest absolute Gasteiger partial charge is 0.496 e. The van der Waals surface area contributed by atoms with Gasteiger partial charge in [0.2, 0.25) is 0 Å². The van der Waals surface area contributed by atoms with Gasteiger partial charge in [0, 0.05) is 24.0 Å². The lowest BCUT2D eigenvalue weighted by molar-refractivity contribution is 0.300. The monoisotopic (exact) mass is 297 g/mol. The second kappa shape index (κ2) is 5.78. The summed E-state index contributed by atoms with van der Waals surface area (Å²) >= 11 is 5.19. The highest BCUT2D eigenvalue weighted by atomic mass is 35.5. The van der Waals surface area contributed by atoms with Gasteiger partial charge in [-0.1, -0.05) is 12.2 Å². The number of rotatable bonds is 2. The van der Waals surface area contributed by atoms with Crippen LogP contribution in [0.25, 0.3) is 0 Å². The molecule has 0 spiro atoms. The summed E-state index contributed by atoms with van der Waals surface area (Å²) in [7, 11) is 3.95. The molecule has 19 heavy (non-hydrogen) atoms. The predicted molar refractivity (Wildman–Crippen MR) is 84.9 cm³/mol. The van der Waals surface area contributed by atoms with Crippen molar-refractivity contribution in [3.05, 3.63) is 34.1 Å². The minimum absolute atomic E-state index is 0. The molecule has 0 N–H and O–H groups in total. The van der Waals surface area contributed by atoms with Crippen LogP contribution in [0.15, 0.2) is 34.1 Å². The summed E-state index contributed by atoms with van der Waals surface area (Å²) in [6.45, 7) is 2.35. The Morgan fingerprint density at radius 2 is 2.21 bits per heavy atom. The summed E-state index contributed by atoms with van der Waals surface area (Å²) in [6, 6.07) is 0. The Hall–Kier alpha value is -0.640. The van der Waals surface area contributed by atoms with Crippen molar-refractivity contribution in [2.24, 2.45) is 5.92 Å². The molecule has 1 fully saturated rings. The Morgan fingerprint density at radius 1 is 1.42 bits per heavy atom. The first kappa shape index (κ1) is 14.8. The van der Waals surface area contributed by atoms with Crippen LogP contribution in [0, 0.1) is 5.92 Å². The molecule has 1 unspecified atom stereocenters. The van der Waals surface area contributed by atoms with E-state index < -0.39 is 0 Å². The van der Waals surface area contributed by atoms with Gasteiger partial charge in [-0.25, -0.2) is 0 Å². The predicted octanol–water partition coefficient (Wildman–Crippen LogP) is 3.29. The Morgan fingerprint density at radius 3 is 2.89 bits per heavy atom. The van der Waals surface area contributed by atoms with E-state index in [2.05, 4.69) is 18.0 Å². The first-order valence-electron chi connectivity index (χ1n) is 6.58. The molecule has 4 heteroatoms. The first-order chi connectivity index (χ1) is 8.74. The minimum atomic E-state index is 0. The van der Waals surface area contributed by atoms with Gasteiger partial charge in [0.05, 0.1) is 7.11 Å². The maximum Gasteiger partial charge on any atom is 0.123 e. The molecular formula is C15H20ClNOS. The smallest absolute Gasteiger partial charge is 0.123 e. The van der Waals surface area contributed by atoms with E-state index in [9.17, 15) is 0 Å². The Bertz CT molecular complexity index is 492. The Labute approximate surface area is 126 Å². The summed E-state index contributed by atoms with van der Waals surface area (Å²) in [5, 5.41) is 1.80. The zero-order valence-corrected chi connectivity index (χ0v) is 13.1. The van der Waals surface area contributed by atoms with Gasteiger partial charge < -0.3 is 9.64 Å². The molecule has 0 aromatic carbocycles. The number of likely N-dealkylation sites (tertiary alicyclic amines) is 1. The Kier molecular flexibility index (Phi) is 4.49. The van der Waals surface area contributed by atoms with Gasteiger partial charge in [-0.05, 0) is 55.0 Å². The van der Waals surface area contributed by atoms with Crippen LogP contribution < -0.4 is 0 Å². The second-order valence-corrected chi connectivity index (χ2v) is 5.66. The second-order valence-electron chi connectivity index (χ2n) is 5.42. The zero-order chi connectivity index (χ0) is 12.7. The maximum atomic E-state index is 5.45. The standard InChI is InChI=1S/C15H19NOS.ClH/c1-16-7-10-3-4-12-11(13(10)8-16)5-6-15(17-2)14(12)9-18;/h6,9-10H,3-5,7-8H2,1-2H3;1H. The third-order valence-electron chi connectivity index (χ3n) is 4.38. The van der Waals surface area contributed by atoms with Gasteiger partial charge in [-0.15, -0.1) is 12.4 Å². The topological polar surface area (TPSA) is 12.5 Å². The van der Waals surface area contributed by atoms with E-state index >= 15 is 0 Å². The Balaban J connectivity index is 0.00000133. The molecule has 0 aromatic rings. The van der Waals surface area contributed by atoms with E-state index in [4.69, 9.17) is 17.0 Å². The number of allylic oxidation sites excluding steroid dienone is 4. The van der Waals surface area contributed by atoms with E-state index in [-0.39, 0.29) is 12.4 Å². The molecule has 2 aliphatic carbocycles. The lowest BCUT2D eigenvalue weighted by Gasteiger charge is -2.29. The van der Waals surface area contributed by atoms with E-state index in [0.717, 1.165) is 36.6 Å². The highest BCUT2D eigenvalue weighted by Crippen LogP contribution is 2.43. The fourth-order valence-corrected chi connectivity index (χ4v) is 3.83. The molecule has 2 nitrogen and oxygen atoms in total. The number of thiocarbonyl (C=S) groups is 1. The van der Waals surface area contributed by atoms with Crippen LogP contribution in [-0.4, -0.2) is 37.5 Å². The number of halogens is 1. The molecule has 0 aromatic heterocycles. The number of hydrogen-bond donors (Lipinski definition) is 0. The molecule has 0 saturated carbocycles. The van der Waals surface area contributed by atoms with Crippen molar-refractivity contribution in [1.82, 2.24) is 4.90 Å². The lowest BCUT2D eigenvalue weighted by Crippen LogP contribution is -2.17. The summed E-state index contributed by atoms with van der Waals surface area (Å²) in [5.41, 5.74) is 5.80. The van der Waals surface area contributed by atoms with E-state index in [1.165, 1.54) is 18.5 Å². The number of ether oxygens (including phenoxy) is 1. The minimum Gasteiger partial charge on any atom is -0.496 e. The number of methoxy groups -OCH3 is 1. The fourth-order valence-electron chi connectivity index (χ4n) is 3.57. The van der Waals surface area contributed by atoms with Crippen molar-refractivity contribution in [3.8, 4) is 0 Å². The van der Waals surface area contributed by atoms with Crippen LogP contribution in [0.3, 0.4) is 0 Å². The summed E-state index contributed by atoms with van der Waals surface area (Å²) in [5.74, 6) is 1.74. The number of nitrogens with zero attached hydrogens (tertiary/aromatic N) is 1. The van der Waals surface area contributed by atoms with Crippen LogP contribution in [0.2, 0.25) is 0 Å². The van der Waals surface area contributed by atoms with Crippen molar-refractivity contribution in [3.63, 3.8) is 0 Å². The van der Waals surface area contributed by atoms with Crippen molar-refractivity contribution in [2.45, 2.75) is 19.3 Å². The van der Waals surface area contributed by atoms with Gasteiger partial charge >= 0.3 is 0 Å². The van der Waals surface area contributed by atoms with E-state index in [1.54, 1.807) is 23.6 Å². The molecule has 1 aliphatic heterocycles. The molecule has 0 bridgehead atoms. The lowest BCUT2D eigenvalue weighted by atomic mass is 9.76. The number of likely N-dealkylation sites (N-methyl/N-ethyl adjacent to an activating group) is 1. The number of hydrogen-bond acceptors (Lipinski definition) is 3. The molecule has 104 valence electrons. The van der Waals surface area contributed by atoms with Crippen LogP contribution in [0.5, 0.6) is 0 Å². The average molecular weight is 298 g/mol. The van der Waals surface area contributed by atoms with Crippen LogP contribution >= 0.6 is 24.6 Å². The number of fused-ring (bicyclic) bond motifs is 2. The quantitative estimate of drug-likeness (QED) is 0.726. The van der Waals surface area contributed by atoms with E-state index in [1.807, 2.05) is 0 Å². The van der Waals surface area contributed by atoms with Crippen LogP contribution in [0.4, 0.5) is 0 Å². The van der Waals surface area contributed by atoms with Gasteiger partial charge in [0.15, 0.2) is 0 Å². The molecule has 0 amide bonds. The highest BCUT2D eigenvalue weighted by molar-refractivity contribution is 7.79. The maximum absolute atomic E-state index is 5.45. The van der Waals surface area contributed by atoms with Gasteiger partial charge in [0.1, 0.15) is 5.76 Å². The third kappa shape index (κ3) is 2.39. The summed E-state index contributed by atoms with van der Waals surface area (Å²) in [6.07, 6.45) is 5.62. The average Bonchev–Trinajstić information content (AvgIpc) is 2.77. The fraction of sp³-hybridized carbons (Fsp3) is 0.533. The molecule has 0 radical (unpaired) electrons. The molecule has 1 atom stereocenters. The van der Waals surface area contributed by atoms with Gasteiger partial charge in [0.25, 0.3) is 0 Å². The molecule has 1 saturated heterocycles. The van der Waals surface area contributed by atoms with Crippen molar-refractivity contribution >= 4 is 30.0 Å². The zero-order valence-electron chi connectivity index (χ0n) is 11.4. The molecular weight excluding hydrogens is 278 g/mol. The molecule has 3 rings (SSSR count). The SMILES string of the molecule is COC1=CCC2=C3CN(C)CC3CCC2=C1C=S.Cl. The van der Waals surface area contributed by atoms with Crippen molar-refractivity contribution in [2.75, 3.05) is 27.2 Å². The summed E-state index contributed by atoms with van der Waals surface area (Å²) < 4.78 is 5.45. The van der Waals surface area contributed by atoms with Crippen molar-refractivity contribution in [1.29, 1.82) is 0 Å². The normalized spacial score (nSPS) is 26.4. The molecule has 3 aliphatic rings. The first-order valence-corrected chi connectivity index (χ1v) is 7.05. The van der Waals surface area contributed by atoms with Gasteiger partial charge in [-0.3, -0.25) is 0 Å². The van der Waals surface area contributed by atoms with Crippen LogP contribution in [0.1, 0.15) is 19.3 Å². The van der Waals surface area contributed by atoms with E-state index in [0.29, 0.717) is 0 Å². The highest BCUT2D eigenvalue weighted by Gasteiger charge is 2.34. The van der Waals surface area contributed by atoms with Crippen molar-refractivity contribution < 1.29 is 4.74 Å². The third-order valence-corrected chi connectivity index (χ3v) is 4.62. The van der Waals surface area contributed by atoms with Crippen LogP contribution in [-0.2, 0) is 4.74 Å². The molecule has 1 heterocycles.